The Hall–Kier alpha value is -3.32. The van der Waals surface area contributed by atoms with Crippen molar-refractivity contribution in [1.29, 1.82) is 0 Å². The van der Waals surface area contributed by atoms with Gasteiger partial charge in [-0.2, -0.15) is 0 Å². The molecule has 30 heavy (non-hydrogen) atoms. The minimum Gasteiger partial charge on any atom is -0.494 e. The van der Waals surface area contributed by atoms with Crippen LogP contribution in [0, 0.1) is 0 Å². The highest BCUT2D eigenvalue weighted by Crippen LogP contribution is 2.33. The number of hydrogen-bond acceptors (Lipinski definition) is 6. The SMILES string of the molecule is CCOc1ccc(C(=O)N(Cc2ccco2)c2nc3ccc(OCC)cc3s2)cc1. The molecule has 154 valence electrons. The smallest absolute Gasteiger partial charge is 0.260 e. The van der Waals surface area contributed by atoms with E-state index in [2.05, 4.69) is 0 Å². The molecule has 7 heteroatoms. The van der Waals surface area contributed by atoms with Gasteiger partial charge in [-0.1, -0.05) is 11.3 Å². The Morgan fingerprint density at radius 2 is 1.77 bits per heavy atom. The molecule has 0 aliphatic rings. The highest BCUT2D eigenvalue weighted by Gasteiger charge is 2.23. The first-order valence-corrected chi connectivity index (χ1v) is 10.6. The first-order valence-electron chi connectivity index (χ1n) is 9.78. The van der Waals surface area contributed by atoms with Crippen molar-refractivity contribution in [3.8, 4) is 11.5 Å². The second-order valence-corrected chi connectivity index (χ2v) is 7.50. The molecule has 0 fully saturated rings. The lowest BCUT2D eigenvalue weighted by Gasteiger charge is -2.19. The molecule has 0 aliphatic heterocycles. The predicted octanol–water partition coefficient (Wildman–Crippen LogP) is 5.53. The van der Waals surface area contributed by atoms with Crippen molar-refractivity contribution in [2.45, 2.75) is 20.4 Å². The van der Waals surface area contributed by atoms with E-state index >= 15 is 0 Å². The fraction of sp³-hybridized carbons (Fsp3) is 0.217. The lowest BCUT2D eigenvalue weighted by atomic mass is 10.2. The van der Waals surface area contributed by atoms with Crippen LogP contribution in [0.15, 0.2) is 65.3 Å². The van der Waals surface area contributed by atoms with Gasteiger partial charge in [-0.05, 0) is 68.4 Å². The number of amides is 1. The zero-order valence-corrected chi connectivity index (χ0v) is 17.6. The predicted molar refractivity (Wildman–Crippen MR) is 118 cm³/mol. The summed E-state index contributed by atoms with van der Waals surface area (Å²) in [4.78, 5) is 19.7. The van der Waals surface area contributed by atoms with Gasteiger partial charge in [0.25, 0.3) is 5.91 Å². The third-order valence-electron chi connectivity index (χ3n) is 4.44. The Kier molecular flexibility index (Phi) is 5.99. The molecule has 0 aliphatic carbocycles. The lowest BCUT2D eigenvalue weighted by molar-refractivity contribution is 0.0983. The number of aromatic nitrogens is 1. The van der Waals surface area contributed by atoms with Crippen molar-refractivity contribution in [2.75, 3.05) is 18.1 Å². The van der Waals surface area contributed by atoms with Gasteiger partial charge in [0, 0.05) is 5.56 Å². The molecule has 0 atom stereocenters. The summed E-state index contributed by atoms with van der Waals surface area (Å²) in [5.41, 5.74) is 1.38. The Labute approximate surface area is 178 Å². The van der Waals surface area contributed by atoms with Gasteiger partial charge in [0.1, 0.15) is 17.3 Å². The van der Waals surface area contributed by atoms with Crippen LogP contribution in [0.2, 0.25) is 0 Å². The molecule has 2 heterocycles. The van der Waals surface area contributed by atoms with E-state index in [1.807, 2.05) is 44.2 Å². The molecule has 2 aromatic carbocycles. The molecule has 2 aromatic heterocycles. The number of fused-ring (bicyclic) bond motifs is 1. The number of anilines is 1. The number of benzene rings is 2. The number of thiazole rings is 1. The average Bonchev–Trinajstić information content (AvgIpc) is 3.42. The fourth-order valence-corrected chi connectivity index (χ4v) is 4.06. The quantitative estimate of drug-likeness (QED) is 0.373. The second kappa shape index (κ2) is 9.00. The van der Waals surface area contributed by atoms with E-state index in [4.69, 9.17) is 18.9 Å². The molecule has 4 rings (SSSR count). The zero-order chi connectivity index (χ0) is 20.9. The van der Waals surface area contributed by atoms with Crippen molar-refractivity contribution < 1.29 is 18.7 Å². The summed E-state index contributed by atoms with van der Waals surface area (Å²) in [6.07, 6.45) is 1.60. The van der Waals surface area contributed by atoms with Crippen LogP contribution >= 0.6 is 11.3 Å². The summed E-state index contributed by atoms with van der Waals surface area (Å²) in [5, 5.41) is 0.605. The Morgan fingerprint density at radius 1 is 1.03 bits per heavy atom. The summed E-state index contributed by atoms with van der Waals surface area (Å²) >= 11 is 1.45. The van der Waals surface area contributed by atoms with Gasteiger partial charge in [0.2, 0.25) is 0 Å². The molecule has 0 saturated heterocycles. The molecule has 0 N–H and O–H groups in total. The Bertz CT molecular complexity index is 1120. The van der Waals surface area contributed by atoms with Crippen LogP contribution in [0.1, 0.15) is 30.0 Å². The number of carbonyl (C=O) groups is 1. The monoisotopic (exact) mass is 422 g/mol. The van der Waals surface area contributed by atoms with E-state index < -0.39 is 0 Å². The summed E-state index contributed by atoms with van der Waals surface area (Å²) in [6.45, 7) is 5.33. The van der Waals surface area contributed by atoms with Gasteiger partial charge in [-0.15, -0.1) is 0 Å². The molecule has 0 radical (unpaired) electrons. The van der Waals surface area contributed by atoms with Crippen LogP contribution in [-0.4, -0.2) is 24.1 Å². The van der Waals surface area contributed by atoms with Gasteiger partial charge in [-0.3, -0.25) is 9.69 Å². The summed E-state index contributed by atoms with van der Waals surface area (Å²) in [5.74, 6) is 2.05. The standard InChI is InChI=1S/C23H22N2O4S/c1-3-27-17-9-7-16(8-10-17)22(26)25(15-19-6-5-13-29-19)23-24-20-12-11-18(28-4-2)14-21(20)30-23/h5-14H,3-4,15H2,1-2H3. The second-order valence-electron chi connectivity index (χ2n) is 6.49. The van der Waals surface area contributed by atoms with Crippen LogP contribution in [-0.2, 0) is 6.54 Å². The number of nitrogens with zero attached hydrogens (tertiary/aromatic N) is 2. The van der Waals surface area contributed by atoms with Crippen molar-refractivity contribution in [3.63, 3.8) is 0 Å². The van der Waals surface area contributed by atoms with Crippen LogP contribution in [0.25, 0.3) is 10.2 Å². The molecule has 0 bridgehead atoms. The molecular weight excluding hydrogens is 400 g/mol. The maximum atomic E-state index is 13.4. The Balaban J connectivity index is 1.68. The van der Waals surface area contributed by atoms with E-state index in [-0.39, 0.29) is 12.5 Å². The van der Waals surface area contributed by atoms with E-state index in [1.165, 1.54) is 11.3 Å². The van der Waals surface area contributed by atoms with Crippen LogP contribution < -0.4 is 14.4 Å². The lowest BCUT2D eigenvalue weighted by Crippen LogP contribution is -2.30. The van der Waals surface area contributed by atoms with Crippen molar-refractivity contribution in [3.05, 3.63) is 72.2 Å². The number of furan rings is 1. The van der Waals surface area contributed by atoms with Crippen LogP contribution in [0.5, 0.6) is 11.5 Å². The van der Waals surface area contributed by atoms with Gasteiger partial charge in [0.05, 0.1) is 36.2 Å². The largest absolute Gasteiger partial charge is 0.494 e. The summed E-state index contributed by atoms with van der Waals surface area (Å²) < 4.78 is 17.5. The average molecular weight is 423 g/mol. The van der Waals surface area contributed by atoms with E-state index in [1.54, 1.807) is 35.4 Å². The summed E-state index contributed by atoms with van der Waals surface area (Å²) in [7, 11) is 0. The van der Waals surface area contributed by atoms with E-state index in [0.29, 0.717) is 29.7 Å². The topological polar surface area (TPSA) is 64.8 Å². The minimum absolute atomic E-state index is 0.154. The van der Waals surface area contributed by atoms with Gasteiger partial charge in [0.15, 0.2) is 5.13 Å². The van der Waals surface area contributed by atoms with Gasteiger partial charge >= 0.3 is 0 Å². The van der Waals surface area contributed by atoms with Crippen LogP contribution in [0.4, 0.5) is 5.13 Å². The van der Waals surface area contributed by atoms with Crippen molar-refractivity contribution in [2.24, 2.45) is 0 Å². The van der Waals surface area contributed by atoms with Crippen molar-refractivity contribution >= 4 is 32.6 Å². The maximum absolute atomic E-state index is 13.4. The van der Waals surface area contributed by atoms with E-state index in [9.17, 15) is 4.79 Å². The highest BCUT2D eigenvalue weighted by molar-refractivity contribution is 7.22. The normalized spacial score (nSPS) is 10.9. The molecule has 6 nitrogen and oxygen atoms in total. The van der Waals surface area contributed by atoms with Crippen LogP contribution in [0.3, 0.4) is 0 Å². The third kappa shape index (κ3) is 4.31. The summed E-state index contributed by atoms with van der Waals surface area (Å²) in [6, 6.07) is 16.5. The maximum Gasteiger partial charge on any atom is 0.260 e. The molecule has 4 aromatic rings. The molecular formula is C23H22N2O4S. The van der Waals surface area contributed by atoms with Crippen molar-refractivity contribution in [1.82, 2.24) is 4.98 Å². The number of hydrogen-bond donors (Lipinski definition) is 0. The third-order valence-corrected chi connectivity index (χ3v) is 5.48. The number of carbonyl (C=O) groups excluding carboxylic acids is 1. The zero-order valence-electron chi connectivity index (χ0n) is 16.8. The highest BCUT2D eigenvalue weighted by atomic mass is 32.1. The molecule has 0 unspecified atom stereocenters. The molecule has 0 saturated carbocycles. The molecule has 1 amide bonds. The minimum atomic E-state index is -0.154. The number of rotatable bonds is 8. The number of ether oxygens (including phenoxy) is 2. The Morgan fingerprint density at radius 3 is 2.47 bits per heavy atom. The van der Waals surface area contributed by atoms with E-state index in [0.717, 1.165) is 21.7 Å². The molecule has 0 spiro atoms. The van der Waals surface area contributed by atoms with Gasteiger partial charge < -0.3 is 13.9 Å². The first-order chi connectivity index (χ1) is 14.7. The first kappa shape index (κ1) is 20.0. The fourth-order valence-electron chi connectivity index (χ4n) is 3.07. The van der Waals surface area contributed by atoms with Gasteiger partial charge in [-0.25, -0.2) is 4.98 Å².